The van der Waals surface area contributed by atoms with Crippen molar-refractivity contribution in [3.05, 3.63) is 42.2 Å². The van der Waals surface area contributed by atoms with Crippen LogP contribution in [0.4, 0.5) is 5.95 Å². The number of amidine groups is 1. The fraction of sp³-hybridized carbons (Fsp3) is 0.458. The number of piperazine rings is 1. The number of aromatic nitrogens is 2. The lowest BCUT2D eigenvalue weighted by atomic mass is 9.94. The Kier molecular flexibility index (Phi) is 7.22. The Morgan fingerprint density at radius 2 is 1.72 bits per heavy atom. The third-order valence-corrected chi connectivity index (χ3v) is 5.47. The van der Waals surface area contributed by atoms with Gasteiger partial charge in [0, 0.05) is 56.0 Å². The third-order valence-electron chi connectivity index (χ3n) is 5.47. The Morgan fingerprint density at radius 3 is 2.31 bits per heavy atom. The monoisotopic (exact) mass is 436 g/mol. The molecule has 0 atom stereocenters. The molecule has 0 radical (unpaired) electrons. The molecule has 0 saturated carbocycles. The Labute approximate surface area is 189 Å². The van der Waals surface area contributed by atoms with E-state index in [4.69, 9.17) is 11.1 Å². The number of nitrogens with one attached hydrogen (secondary N) is 1. The predicted molar refractivity (Wildman–Crippen MR) is 126 cm³/mol. The summed E-state index contributed by atoms with van der Waals surface area (Å²) in [6.45, 7) is 8.61. The maximum absolute atomic E-state index is 12.5. The molecule has 1 fully saturated rings. The predicted octanol–water partition coefficient (Wildman–Crippen LogP) is 2.67. The Bertz CT molecular complexity index is 973. The minimum atomic E-state index is -0.366. The summed E-state index contributed by atoms with van der Waals surface area (Å²) in [6, 6.07) is 7.98. The largest absolute Gasteiger partial charge is 0.387 e. The number of rotatable bonds is 7. The Hall–Kier alpha value is -3.29. The zero-order chi connectivity index (χ0) is 23.3. The summed E-state index contributed by atoms with van der Waals surface area (Å²) >= 11 is 0. The number of nitrogens with two attached hydrogens (primary N) is 1. The smallest absolute Gasteiger partial charge is 0.228 e. The molecule has 0 bridgehead atoms. The lowest BCUT2D eigenvalue weighted by Crippen LogP contribution is -2.52. The molecular weight excluding hydrogens is 404 g/mol. The molecule has 1 aromatic heterocycles. The van der Waals surface area contributed by atoms with E-state index < -0.39 is 0 Å². The molecule has 0 aliphatic carbocycles. The highest BCUT2D eigenvalue weighted by Crippen LogP contribution is 2.23. The van der Waals surface area contributed by atoms with Gasteiger partial charge in [0.05, 0.1) is 12.3 Å². The van der Waals surface area contributed by atoms with E-state index in [-0.39, 0.29) is 29.4 Å². The highest BCUT2D eigenvalue weighted by molar-refractivity contribution is 5.98. The number of ketones is 1. The van der Waals surface area contributed by atoms with Crippen molar-refractivity contribution in [3.63, 3.8) is 0 Å². The Balaban J connectivity index is 1.60. The standard InChI is InChI=1S/C24H32N6O2/c1-24(2,3)22(32)29-9-11-30(12-10-29)23-27-15-19(16-28-23)18-6-4-5-17(13-18)7-8-20(31)14-21(25)26/h4-6,13,15-16H,7-12,14H2,1-3H3,(H3,25,26). The topological polar surface area (TPSA) is 116 Å². The molecule has 1 aromatic carbocycles. The number of anilines is 1. The number of benzene rings is 1. The number of Topliss-reactive ketones (excluding diaryl/α,β-unsaturated/α-hetero) is 1. The van der Waals surface area contributed by atoms with Crippen LogP contribution in [-0.2, 0) is 16.0 Å². The van der Waals surface area contributed by atoms with Crippen LogP contribution in [0.3, 0.4) is 0 Å². The lowest BCUT2D eigenvalue weighted by molar-refractivity contribution is -0.139. The van der Waals surface area contributed by atoms with Gasteiger partial charge in [-0.1, -0.05) is 45.0 Å². The number of nitrogens with zero attached hydrogens (tertiary/aromatic N) is 4. The zero-order valence-corrected chi connectivity index (χ0v) is 19.1. The maximum Gasteiger partial charge on any atom is 0.228 e. The molecule has 1 amide bonds. The van der Waals surface area contributed by atoms with Crippen molar-refractivity contribution in [2.24, 2.45) is 11.1 Å². The molecular formula is C24H32N6O2. The summed E-state index contributed by atoms with van der Waals surface area (Å²) < 4.78 is 0. The van der Waals surface area contributed by atoms with Gasteiger partial charge in [-0.2, -0.15) is 0 Å². The molecule has 8 nitrogen and oxygen atoms in total. The highest BCUT2D eigenvalue weighted by Gasteiger charge is 2.30. The van der Waals surface area contributed by atoms with Crippen LogP contribution in [0.15, 0.2) is 36.7 Å². The number of hydrogen-bond acceptors (Lipinski definition) is 6. The summed E-state index contributed by atoms with van der Waals surface area (Å²) in [6.07, 6.45) is 4.61. The fourth-order valence-corrected chi connectivity index (χ4v) is 3.71. The second-order valence-corrected chi connectivity index (χ2v) is 9.24. The van der Waals surface area contributed by atoms with Crippen molar-refractivity contribution in [3.8, 4) is 11.1 Å². The second kappa shape index (κ2) is 9.89. The van der Waals surface area contributed by atoms with Crippen molar-refractivity contribution < 1.29 is 9.59 Å². The first-order valence-corrected chi connectivity index (χ1v) is 10.9. The van der Waals surface area contributed by atoms with E-state index in [0.29, 0.717) is 45.0 Å². The normalized spacial score (nSPS) is 14.3. The van der Waals surface area contributed by atoms with Crippen LogP contribution in [0, 0.1) is 10.8 Å². The van der Waals surface area contributed by atoms with E-state index in [1.54, 1.807) is 0 Å². The molecule has 1 saturated heterocycles. The molecule has 3 rings (SSSR count). The minimum absolute atomic E-state index is 0.00756. The van der Waals surface area contributed by atoms with Crippen LogP contribution < -0.4 is 10.6 Å². The van der Waals surface area contributed by atoms with Gasteiger partial charge in [-0.25, -0.2) is 9.97 Å². The molecule has 3 N–H and O–H groups in total. The van der Waals surface area contributed by atoms with Crippen LogP contribution in [0.25, 0.3) is 11.1 Å². The average molecular weight is 437 g/mol. The number of carbonyl (C=O) groups is 2. The number of carbonyl (C=O) groups excluding carboxylic acids is 2. The molecule has 8 heteroatoms. The molecule has 2 aromatic rings. The zero-order valence-electron chi connectivity index (χ0n) is 19.1. The second-order valence-electron chi connectivity index (χ2n) is 9.24. The van der Waals surface area contributed by atoms with Gasteiger partial charge in [-0.3, -0.25) is 15.0 Å². The van der Waals surface area contributed by atoms with Crippen molar-refractivity contribution in [1.29, 1.82) is 5.41 Å². The number of amides is 1. The first-order chi connectivity index (χ1) is 15.1. The average Bonchev–Trinajstić information content (AvgIpc) is 2.76. The number of aryl methyl sites for hydroxylation is 1. The van der Waals surface area contributed by atoms with Gasteiger partial charge in [-0.15, -0.1) is 0 Å². The van der Waals surface area contributed by atoms with Crippen molar-refractivity contribution in [2.75, 3.05) is 31.1 Å². The summed E-state index contributed by atoms with van der Waals surface area (Å²) in [5.74, 6) is 0.724. The minimum Gasteiger partial charge on any atom is -0.387 e. The third kappa shape index (κ3) is 6.12. The summed E-state index contributed by atoms with van der Waals surface area (Å²) in [4.78, 5) is 37.4. The number of hydrogen-bond donors (Lipinski definition) is 2. The summed E-state index contributed by atoms with van der Waals surface area (Å²) in [7, 11) is 0. The molecule has 32 heavy (non-hydrogen) atoms. The van der Waals surface area contributed by atoms with E-state index >= 15 is 0 Å². The molecule has 1 aliphatic rings. The highest BCUT2D eigenvalue weighted by atomic mass is 16.2. The van der Waals surface area contributed by atoms with Gasteiger partial charge in [0.25, 0.3) is 0 Å². The van der Waals surface area contributed by atoms with Gasteiger partial charge in [0.1, 0.15) is 5.78 Å². The van der Waals surface area contributed by atoms with Gasteiger partial charge in [0.2, 0.25) is 11.9 Å². The van der Waals surface area contributed by atoms with E-state index in [1.165, 1.54) is 0 Å². The van der Waals surface area contributed by atoms with E-state index in [9.17, 15) is 9.59 Å². The van der Waals surface area contributed by atoms with Crippen LogP contribution in [0.2, 0.25) is 0 Å². The quantitative estimate of drug-likeness (QED) is 0.509. The lowest BCUT2D eigenvalue weighted by Gasteiger charge is -2.37. The van der Waals surface area contributed by atoms with Crippen LogP contribution in [-0.4, -0.2) is 58.6 Å². The van der Waals surface area contributed by atoms with Crippen LogP contribution >= 0.6 is 0 Å². The SMILES string of the molecule is CC(C)(C)C(=O)N1CCN(c2ncc(-c3cccc(CCC(=O)CC(=N)N)c3)cn2)CC1. The summed E-state index contributed by atoms with van der Waals surface area (Å²) in [5.41, 5.74) is 7.88. The van der Waals surface area contributed by atoms with Crippen molar-refractivity contribution >= 4 is 23.5 Å². The van der Waals surface area contributed by atoms with E-state index in [2.05, 4.69) is 14.9 Å². The molecule has 2 heterocycles. The summed E-state index contributed by atoms with van der Waals surface area (Å²) in [5, 5.41) is 7.22. The molecule has 0 spiro atoms. The van der Waals surface area contributed by atoms with Gasteiger partial charge < -0.3 is 15.5 Å². The fourth-order valence-electron chi connectivity index (χ4n) is 3.71. The van der Waals surface area contributed by atoms with Crippen LogP contribution in [0.5, 0.6) is 0 Å². The molecule has 0 unspecified atom stereocenters. The van der Waals surface area contributed by atoms with E-state index in [1.807, 2.05) is 62.3 Å². The first-order valence-electron chi connectivity index (χ1n) is 10.9. The molecule has 170 valence electrons. The Morgan fingerprint density at radius 1 is 1.06 bits per heavy atom. The molecule has 1 aliphatic heterocycles. The van der Waals surface area contributed by atoms with Gasteiger partial charge in [0.15, 0.2) is 0 Å². The maximum atomic E-state index is 12.5. The van der Waals surface area contributed by atoms with Crippen molar-refractivity contribution in [2.45, 2.75) is 40.0 Å². The van der Waals surface area contributed by atoms with Gasteiger partial charge in [-0.05, 0) is 17.5 Å². The van der Waals surface area contributed by atoms with Crippen molar-refractivity contribution in [1.82, 2.24) is 14.9 Å². The van der Waals surface area contributed by atoms with E-state index in [0.717, 1.165) is 16.7 Å². The van der Waals surface area contributed by atoms with Gasteiger partial charge >= 0.3 is 0 Å². The van der Waals surface area contributed by atoms with Crippen LogP contribution in [0.1, 0.15) is 39.2 Å². The first kappa shape index (κ1) is 23.4.